The van der Waals surface area contributed by atoms with E-state index in [0.29, 0.717) is 13.1 Å². The first kappa shape index (κ1) is 16.6. The van der Waals surface area contributed by atoms with Crippen molar-refractivity contribution < 1.29 is 18.0 Å². The van der Waals surface area contributed by atoms with Crippen molar-refractivity contribution in [2.45, 2.75) is 6.42 Å². The topological polar surface area (TPSA) is 86.8 Å². The zero-order chi connectivity index (χ0) is 15.3. The second-order valence-electron chi connectivity index (χ2n) is 4.86. The number of nitrogens with zero attached hydrogens (tertiary/aromatic N) is 2. The SMILES string of the molecule is C=CCN1CC(C(=O)NCCN(C)S(C)(=O)=O)CC1=O. The number of carbonyl (C=O) groups excluding carboxylic acids is 2. The number of rotatable bonds is 7. The largest absolute Gasteiger partial charge is 0.354 e. The molecule has 2 amide bonds. The number of nitrogens with one attached hydrogen (secondary N) is 1. The highest BCUT2D eigenvalue weighted by molar-refractivity contribution is 7.88. The highest BCUT2D eigenvalue weighted by atomic mass is 32.2. The molecule has 1 heterocycles. The van der Waals surface area contributed by atoms with E-state index in [2.05, 4.69) is 11.9 Å². The molecule has 8 heteroatoms. The van der Waals surface area contributed by atoms with Gasteiger partial charge in [-0.3, -0.25) is 9.59 Å². The lowest BCUT2D eigenvalue weighted by Gasteiger charge is -2.16. The molecule has 0 bridgehead atoms. The van der Waals surface area contributed by atoms with E-state index in [1.165, 1.54) is 7.05 Å². The van der Waals surface area contributed by atoms with Crippen LogP contribution in [0.1, 0.15) is 6.42 Å². The average Bonchev–Trinajstić information content (AvgIpc) is 2.70. The lowest BCUT2D eigenvalue weighted by Crippen LogP contribution is -2.38. The van der Waals surface area contributed by atoms with Crippen LogP contribution in [0, 0.1) is 5.92 Å². The number of amides is 2. The molecule has 0 radical (unpaired) electrons. The summed E-state index contributed by atoms with van der Waals surface area (Å²) in [4.78, 5) is 25.1. The van der Waals surface area contributed by atoms with Crippen molar-refractivity contribution in [3.05, 3.63) is 12.7 Å². The van der Waals surface area contributed by atoms with E-state index in [9.17, 15) is 18.0 Å². The predicted octanol–water partition coefficient (Wildman–Crippen LogP) is -0.971. The van der Waals surface area contributed by atoms with E-state index < -0.39 is 10.0 Å². The fourth-order valence-corrected chi connectivity index (χ4v) is 2.35. The Morgan fingerprint density at radius 3 is 2.80 bits per heavy atom. The molecule has 0 aliphatic carbocycles. The van der Waals surface area contributed by atoms with Crippen LogP contribution in [0.5, 0.6) is 0 Å². The van der Waals surface area contributed by atoms with Crippen molar-refractivity contribution in [2.75, 3.05) is 39.5 Å². The van der Waals surface area contributed by atoms with Gasteiger partial charge in [0.1, 0.15) is 0 Å². The second-order valence-corrected chi connectivity index (χ2v) is 6.95. The normalized spacial score (nSPS) is 19.4. The van der Waals surface area contributed by atoms with Gasteiger partial charge in [0.2, 0.25) is 21.8 Å². The van der Waals surface area contributed by atoms with Crippen molar-refractivity contribution in [3.8, 4) is 0 Å². The molecule has 0 saturated carbocycles. The number of carbonyl (C=O) groups is 2. The Bertz CT molecular complexity index is 489. The molecule has 1 N–H and O–H groups in total. The molecule has 1 atom stereocenters. The van der Waals surface area contributed by atoms with Gasteiger partial charge in [0.15, 0.2) is 0 Å². The van der Waals surface area contributed by atoms with Crippen molar-refractivity contribution in [1.82, 2.24) is 14.5 Å². The van der Waals surface area contributed by atoms with Crippen LogP contribution in [0.3, 0.4) is 0 Å². The van der Waals surface area contributed by atoms with Gasteiger partial charge in [-0.15, -0.1) is 6.58 Å². The molecular formula is C12H21N3O4S. The number of hydrogen-bond donors (Lipinski definition) is 1. The van der Waals surface area contributed by atoms with Crippen molar-refractivity contribution >= 4 is 21.8 Å². The molecule has 1 fully saturated rings. The molecule has 7 nitrogen and oxygen atoms in total. The van der Waals surface area contributed by atoms with E-state index >= 15 is 0 Å². The zero-order valence-electron chi connectivity index (χ0n) is 11.8. The summed E-state index contributed by atoms with van der Waals surface area (Å²) in [5, 5.41) is 2.66. The quantitative estimate of drug-likeness (QED) is 0.613. The van der Waals surface area contributed by atoms with E-state index in [-0.39, 0.29) is 37.2 Å². The summed E-state index contributed by atoms with van der Waals surface area (Å²) >= 11 is 0. The average molecular weight is 303 g/mol. The summed E-state index contributed by atoms with van der Waals surface area (Å²) < 4.78 is 23.5. The number of likely N-dealkylation sites (N-methyl/N-ethyl adjacent to an activating group) is 1. The van der Waals surface area contributed by atoms with E-state index in [1.807, 2.05) is 0 Å². The van der Waals surface area contributed by atoms with Crippen LogP contribution in [0.2, 0.25) is 0 Å². The third-order valence-corrected chi connectivity index (χ3v) is 4.54. The molecule has 0 spiro atoms. The first-order valence-corrected chi connectivity index (χ1v) is 8.18. The number of hydrogen-bond acceptors (Lipinski definition) is 4. The summed E-state index contributed by atoms with van der Waals surface area (Å²) in [7, 11) is -1.79. The maximum Gasteiger partial charge on any atom is 0.225 e. The summed E-state index contributed by atoms with van der Waals surface area (Å²) in [6.45, 7) is 4.84. The fraction of sp³-hybridized carbons (Fsp3) is 0.667. The standard InChI is InChI=1S/C12H21N3O4S/c1-4-6-15-9-10(8-11(15)16)12(17)13-5-7-14(2)20(3,18)19/h4,10H,1,5-9H2,2-3H3,(H,13,17). The van der Waals surface area contributed by atoms with Crippen LogP contribution in [-0.2, 0) is 19.6 Å². The fourth-order valence-electron chi connectivity index (χ4n) is 1.93. The minimum atomic E-state index is -3.24. The molecule has 0 aromatic heterocycles. The highest BCUT2D eigenvalue weighted by Gasteiger charge is 2.33. The Morgan fingerprint density at radius 2 is 2.25 bits per heavy atom. The Hall–Kier alpha value is -1.41. The van der Waals surface area contributed by atoms with Crippen LogP contribution in [-0.4, -0.2) is 68.9 Å². The lowest BCUT2D eigenvalue weighted by atomic mass is 10.1. The molecule has 20 heavy (non-hydrogen) atoms. The third kappa shape index (κ3) is 4.61. The van der Waals surface area contributed by atoms with Gasteiger partial charge in [-0.1, -0.05) is 6.08 Å². The van der Waals surface area contributed by atoms with E-state index in [1.54, 1.807) is 11.0 Å². The van der Waals surface area contributed by atoms with Crippen molar-refractivity contribution in [3.63, 3.8) is 0 Å². The monoisotopic (exact) mass is 303 g/mol. The molecule has 0 aromatic carbocycles. The molecule has 1 aliphatic rings. The van der Waals surface area contributed by atoms with Crippen LogP contribution in [0.15, 0.2) is 12.7 Å². The Kier molecular flexibility index (Phi) is 5.70. The molecular weight excluding hydrogens is 282 g/mol. The Morgan fingerprint density at radius 1 is 1.60 bits per heavy atom. The summed E-state index contributed by atoms with van der Waals surface area (Å²) in [6.07, 6.45) is 2.93. The first-order chi connectivity index (χ1) is 9.25. The smallest absolute Gasteiger partial charge is 0.225 e. The number of sulfonamides is 1. The van der Waals surface area contributed by atoms with Crippen molar-refractivity contribution in [1.29, 1.82) is 0 Å². The molecule has 1 saturated heterocycles. The Balaban J connectivity index is 2.38. The summed E-state index contributed by atoms with van der Waals surface area (Å²) in [5.74, 6) is -0.642. The maximum absolute atomic E-state index is 11.9. The van der Waals surface area contributed by atoms with Gasteiger partial charge in [0, 0.05) is 39.6 Å². The van der Waals surface area contributed by atoms with Crippen LogP contribution in [0.25, 0.3) is 0 Å². The van der Waals surface area contributed by atoms with Gasteiger partial charge in [-0.05, 0) is 0 Å². The Labute approximate surface area is 119 Å². The van der Waals surface area contributed by atoms with Gasteiger partial charge in [-0.25, -0.2) is 12.7 Å². The molecule has 1 aliphatic heterocycles. The van der Waals surface area contributed by atoms with E-state index in [0.717, 1.165) is 10.6 Å². The summed E-state index contributed by atoms with van der Waals surface area (Å²) in [6, 6.07) is 0. The minimum Gasteiger partial charge on any atom is -0.354 e. The van der Waals surface area contributed by atoms with Crippen molar-refractivity contribution in [2.24, 2.45) is 5.92 Å². The zero-order valence-corrected chi connectivity index (χ0v) is 12.6. The van der Waals surface area contributed by atoms with Crippen LogP contribution >= 0.6 is 0 Å². The molecule has 114 valence electrons. The molecule has 0 aromatic rings. The van der Waals surface area contributed by atoms with Gasteiger partial charge in [0.05, 0.1) is 12.2 Å². The highest BCUT2D eigenvalue weighted by Crippen LogP contribution is 2.17. The van der Waals surface area contributed by atoms with Crippen LogP contribution < -0.4 is 5.32 Å². The van der Waals surface area contributed by atoms with Gasteiger partial charge in [-0.2, -0.15) is 0 Å². The minimum absolute atomic E-state index is 0.0571. The second kappa shape index (κ2) is 6.85. The van der Waals surface area contributed by atoms with Crippen LogP contribution in [0.4, 0.5) is 0 Å². The van der Waals surface area contributed by atoms with Gasteiger partial charge in [0.25, 0.3) is 0 Å². The molecule has 1 rings (SSSR count). The van der Waals surface area contributed by atoms with Gasteiger partial charge < -0.3 is 10.2 Å². The third-order valence-electron chi connectivity index (χ3n) is 3.23. The first-order valence-electron chi connectivity index (χ1n) is 6.33. The van der Waals surface area contributed by atoms with E-state index in [4.69, 9.17) is 0 Å². The summed E-state index contributed by atoms with van der Waals surface area (Å²) in [5.41, 5.74) is 0. The predicted molar refractivity (Wildman–Crippen MR) is 75.4 cm³/mol. The number of likely N-dealkylation sites (tertiary alicyclic amines) is 1. The lowest BCUT2D eigenvalue weighted by molar-refractivity contribution is -0.128. The maximum atomic E-state index is 11.9. The molecule has 1 unspecified atom stereocenters. The van der Waals surface area contributed by atoms with Gasteiger partial charge >= 0.3 is 0 Å².